The Hall–Kier alpha value is -1.51. The topological polar surface area (TPSA) is 46.5 Å². The van der Waals surface area contributed by atoms with Crippen molar-refractivity contribution in [1.82, 2.24) is 0 Å². The number of benzene rings is 1. The molecular formula is C19H26O3. The predicted molar refractivity (Wildman–Crippen MR) is 86.7 cm³/mol. The molecule has 0 atom stereocenters. The molecular weight excluding hydrogens is 276 g/mol. The minimum absolute atomic E-state index is 0.681. The smallest absolute Gasteiger partial charge is 0.314 e. The molecule has 3 heteroatoms. The number of hydrogen-bond donors (Lipinski definition) is 1. The third kappa shape index (κ3) is 2.62. The van der Waals surface area contributed by atoms with E-state index in [0.29, 0.717) is 0 Å². The Labute approximate surface area is 132 Å². The second-order valence-corrected chi connectivity index (χ2v) is 6.83. The molecule has 2 aliphatic carbocycles. The lowest BCUT2D eigenvalue weighted by molar-refractivity contribution is -0.145. The summed E-state index contributed by atoms with van der Waals surface area (Å²) in [5.74, 6) is 0.101. The van der Waals surface area contributed by atoms with E-state index >= 15 is 0 Å². The second-order valence-electron chi connectivity index (χ2n) is 6.83. The first-order valence-corrected chi connectivity index (χ1v) is 8.61. The van der Waals surface area contributed by atoms with E-state index in [-0.39, 0.29) is 0 Å². The van der Waals surface area contributed by atoms with Gasteiger partial charge >= 0.3 is 5.97 Å². The van der Waals surface area contributed by atoms with Crippen LogP contribution < -0.4 is 4.74 Å². The Morgan fingerprint density at radius 3 is 2.18 bits per heavy atom. The molecule has 0 aliphatic heterocycles. The van der Waals surface area contributed by atoms with Crippen LogP contribution in [-0.4, -0.2) is 18.2 Å². The van der Waals surface area contributed by atoms with Gasteiger partial charge in [-0.25, -0.2) is 0 Å². The molecule has 3 nitrogen and oxygen atoms in total. The maximum atomic E-state index is 12.1. The largest absolute Gasteiger partial charge is 0.496 e. The molecule has 0 heterocycles. The lowest BCUT2D eigenvalue weighted by Crippen LogP contribution is -2.38. The molecule has 1 saturated carbocycles. The van der Waals surface area contributed by atoms with E-state index in [1.165, 1.54) is 30.4 Å². The van der Waals surface area contributed by atoms with Gasteiger partial charge in [-0.2, -0.15) is 0 Å². The van der Waals surface area contributed by atoms with Crippen molar-refractivity contribution in [2.75, 3.05) is 7.11 Å². The van der Waals surface area contributed by atoms with Gasteiger partial charge in [-0.15, -0.1) is 0 Å². The third-order valence-corrected chi connectivity index (χ3v) is 5.55. The highest BCUT2D eigenvalue weighted by Crippen LogP contribution is 2.45. The summed E-state index contributed by atoms with van der Waals surface area (Å²) in [6, 6.07) is 4.29. The molecule has 120 valence electrons. The van der Waals surface area contributed by atoms with Gasteiger partial charge in [0.2, 0.25) is 0 Å². The van der Waals surface area contributed by atoms with E-state index in [1.807, 2.05) is 0 Å². The van der Waals surface area contributed by atoms with E-state index in [0.717, 1.165) is 56.3 Å². The first-order chi connectivity index (χ1) is 10.7. The van der Waals surface area contributed by atoms with E-state index in [1.54, 1.807) is 7.11 Å². The first kappa shape index (κ1) is 15.4. The number of ether oxygens (including phenoxy) is 1. The molecule has 3 rings (SSSR count). The normalized spacial score (nSPS) is 20.8. The molecule has 0 unspecified atom stereocenters. The van der Waals surface area contributed by atoms with Crippen LogP contribution in [-0.2, 0) is 23.1 Å². The number of carboxylic acids is 1. The Morgan fingerprint density at radius 1 is 1.00 bits per heavy atom. The Balaban J connectivity index is 2.11. The molecule has 0 spiro atoms. The molecule has 0 aromatic heterocycles. The number of hydrogen-bond acceptors (Lipinski definition) is 2. The van der Waals surface area contributed by atoms with Crippen molar-refractivity contribution in [1.29, 1.82) is 0 Å². The van der Waals surface area contributed by atoms with Crippen LogP contribution >= 0.6 is 0 Å². The summed E-state index contributed by atoms with van der Waals surface area (Å²) in [5, 5.41) is 9.97. The van der Waals surface area contributed by atoms with Gasteiger partial charge in [-0.1, -0.05) is 31.7 Å². The van der Waals surface area contributed by atoms with Gasteiger partial charge in [0, 0.05) is 5.56 Å². The maximum Gasteiger partial charge on any atom is 0.314 e. The molecule has 1 aromatic rings. The second kappa shape index (κ2) is 6.31. The van der Waals surface area contributed by atoms with Crippen molar-refractivity contribution in [3.63, 3.8) is 0 Å². The highest BCUT2D eigenvalue weighted by Gasteiger charge is 2.43. The van der Waals surface area contributed by atoms with Gasteiger partial charge in [0.15, 0.2) is 0 Å². The summed E-state index contributed by atoms with van der Waals surface area (Å²) in [5.41, 5.74) is 2.88. The lowest BCUT2D eigenvalue weighted by Gasteiger charge is -2.35. The molecule has 1 aromatic carbocycles. The van der Waals surface area contributed by atoms with Crippen molar-refractivity contribution in [3.8, 4) is 5.75 Å². The van der Waals surface area contributed by atoms with E-state index in [4.69, 9.17) is 4.74 Å². The number of rotatable bonds is 3. The van der Waals surface area contributed by atoms with Crippen molar-refractivity contribution >= 4 is 5.97 Å². The van der Waals surface area contributed by atoms with Gasteiger partial charge in [-0.05, 0) is 55.7 Å². The average Bonchev–Trinajstić information content (AvgIpc) is 2.78. The van der Waals surface area contributed by atoms with E-state index in [9.17, 15) is 9.90 Å². The van der Waals surface area contributed by atoms with Crippen LogP contribution in [0, 0.1) is 0 Å². The summed E-state index contributed by atoms with van der Waals surface area (Å²) in [6.07, 6.45) is 10.4. The van der Waals surface area contributed by atoms with Crippen molar-refractivity contribution in [2.45, 2.75) is 69.6 Å². The lowest BCUT2D eigenvalue weighted by atomic mass is 9.68. The fraction of sp³-hybridized carbons (Fsp3) is 0.632. The number of carboxylic acid groups (broad SMARTS) is 1. The Kier molecular flexibility index (Phi) is 4.42. The highest BCUT2D eigenvalue weighted by molar-refractivity contribution is 5.83. The summed E-state index contributed by atoms with van der Waals surface area (Å²) in [7, 11) is 1.67. The molecule has 2 aliphatic rings. The zero-order valence-electron chi connectivity index (χ0n) is 13.5. The zero-order chi connectivity index (χ0) is 15.6. The predicted octanol–water partition coefficient (Wildman–Crippen LogP) is 4.25. The number of aliphatic carboxylic acids is 1. The van der Waals surface area contributed by atoms with Crippen molar-refractivity contribution in [3.05, 3.63) is 28.8 Å². The van der Waals surface area contributed by atoms with Gasteiger partial charge in [0.25, 0.3) is 0 Å². The number of aryl methyl sites for hydroxylation is 2. The fourth-order valence-corrected chi connectivity index (χ4v) is 4.24. The van der Waals surface area contributed by atoms with Crippen LogP contribution in [0.5, 0.6) is 5.75 Å². The van der Waals surface area contributed by atoms with Crippen LogP contribution in [0.3, 0.4) is 0 Å². The fourth-order valence-electron chi connectivity index (χ4n) is 4.24. The quantitative estimate of drug-likeness (QED) is 0.849. The molecule has 0 radical (unpaired) electrons. The summed E-state index contributed by atoms with van der Waals surface area (Å²) >= 11 is 0. The Morgan fingerprint density at radius 2 is 1.59 bits per heavy atom. The number of methoxy groups -OCH3 is 1. The van der Waals surface area contributed by atoms with Crippen LogP contribution in [0.25, 0.3) is 0 Å². The summed E-state index contributed by atoms with van der Waals surface area (Å²) in [4.78, 5) is 12.1. The number of fused-ring (bicyclic) bond motifs is 1. The van der Waals surface area contributed by atoms with Crippen LogP contribution in [0.4, 0.5) is 0 Å². The SMILES string of the molecule is COc1cc2c(cc1C1(C(=O)O)CCCCC1)CCCCC2. The first-order valence-electron chi connectivity index (χ1n) is 8.61. The van der Waals surface area contributed by atoms with Crippen molar-refractivity contribution in [2.24, 2.45) is 0 Å². The van der Waals surface area contributed by atoms with Gasteiger partial charge < -0.3 is 9.84 Å². The van der Waals surface area contributed by atoms with Crippen LogP contribution in [0.15, 0.2) is 12.1 Å². The van der Waals surface area contributed by atoms with Gasteiger partial charge in [0.1, 0.15) is 5.75 Å². The molecule has 0 amide bonds. The van der Waals surface area contributed by atoms with Crippen LogP contribution in [0.2, 0.25) is 0 Å². The summed E-state index contributed by atoms with van der Waals surface area (Å²) < 4.78 is 5.62. The summed E-state index contributed by atoms with van der Waals surface area (Å²) in [6.45, 7) is 0. The van der Waals surface area contributed by atoms with Gasteiger partial charge in [-0.3, -0.25) is 4.79 Å². The maximum absolute atomic E-state index is 12.1. The van der Waals surface area contributed by atoms with E-state index in [2.05, 4.69) is 12.1 Å². The minimum Gasteiger partial charge on any atom is -0.496 e. The minimum atomic E-state index is -0.745. The monoisotopic (exact) mass is 302 g/mol. The van der Waals surface area contributed by atoms with Crippen LogP contribution in [0.1, 0.15) is 68.1 Å². The Bertz CT molecular complexity index is 556. The molecule has 1 fully saturated rings. The average molecular weight is 302 g/mol. The van der Waals surface area contributed by atoms with E-state index < -0.39 is 11.4 Å². The van der Waals surface area contributed by atoms with Crippen molar-refractivity contribution < 1.29 is 14.6 Å². The highest BCUT2D eigenvalue weighted by atomic mass is 16.5. The number of carbonyl (C=O) groups is 1. The van der Waals surface area contributed by atoms with Gasteiger partial charge in [0.05, 0.1) is 12.5 Å². The molecule has 22 heavy (non-hydrogen) atoms. The molecule has 0 saturated heterocycles. The zero-order valence-corrected chi connectivity index (χ0v) is 13.5. The standard InChI is InChI=1S/C19H26O3/c1-22-17-13-15-9-5-2-4-8-14(15)12-16(17)19(18(20)21)10-6-3-7-11-19/h12-13H,2-11H2,1H3,(H,20,21). The molecule has 1 N–H and O–H groups in total. The molecule has 0 bridgehead atoms. The third-order valence-electron chi connectivity index (χ3n) is 5.55.